The molecule has 0 bridgehead atoms. The van der Waals surface area contributed by atoms with Crippen molar-refractivity contribution in [1.82, 2.24) is 5.32 Å². The minimum Gasteiger partial charge on any atom is -0.495 e. The van der Waals surface area contributed by atoms with Crippen molar-refractivity contribution < 1.29 is 17.9 Å². The number of anilines is 1. The van der Waals surface area contributed by atoms with Gasteiger partial charge in [-0.3, -0.25) is 9.52 Å². The number of amides is 1. The van der Waals surface area contributed by atoms with E-state index in [0.717, 1.165) is 12.0 Å². The highest BCUT2D eigenvalue weighted by molar-refractivity contribution is 7.92. The minimum absolute atomic E-state index is 0.0859. The lowest BCUT2D eigenvalue weighted by Crippen LogP contribution is -2.33. The molecule has 3 aromatic rings. The summed E-state index contributed by atoms with van der Waals surface area (Å²) in [5, 5.41) is 2.92. The van der Waals surface area contributed by atoms with Crippen LogP contribution in [0.2, 0.25) is 0 Å². The standard InChI is InChI=1S/C24H24N2O4S/c1-16-7-10-20(11-8-16)26-31(28,29)23-14-18(9-12-22(23)30-2)24(27)25-15-19-13-17-5-3-4-6-21(17)19/h3-12,14,19,26H,13,15H2,1-2H3,(H,25,27). The number of hydrogen-bond donors (Lipinski definition) is 2. The lowest BCUT2D eigenvalue weighted by Gasteiger charge is -2.30. The van der Waals surface area contributed by atoms with Crippen LogP contribution in [-0.4, -0.2) is 28.0 Å². The normalized spacial score (nSPS) is 14.8. The molecular weight excluding hydrogens is 412 g/mol. The molecule has 160 valence electrons. The van der Waals surface area contributed by atoms with Gasteiger partial charge in [0.25, 0.3) is 15.9 Å². The van der Waals surface area contributed by atoms with Gasteiger partial charge in [0.15, 0.2) is 0 Å². The van der Waals surface area contributed by atoms with Gasteiger partial charge in [-0.25, -0.2) is 8.42 Å². The van der Waals surface area contributed by atoms with E-state index in [9.17, 15) is 13.2 Å². The van der Waals surface area contributed by atoms with Crippen molar-refractivity contribution in [3.8, 4) is 5.75 Å². The smallest absolute Gasteiger partial charge is 0.265 e. The molecule has 7 heteroatoms. The van der Waals surface area contributed by atoms with Crippen molar-refractivity contribution in [2.45, 2.75) is 24.2 Å². The van der Waals surface area contributed by atoms with E-state index < -0.39 is 10.0 Å². The van der Waals surface area contributed by atoms with Crippen LogP contribution in [0.4, 0.5) is 5.69 Å². The number of benzene rings is 3. The first kappa shape index (κ1) is 20.9. The first-order valence-electron chi connectivity index (χ1n) is 10.0. The summed E-state index contributed by atoms with van der Waals surface area (Å²) in [6, 6.07) is 19.6. The van der Waals surface area contributed by atoms with E-state index in [-0.39, 0.29) is 28.0 Å². The largest absolute Gasteiger partial charge is 0.495 e. The molecule has 2 N–H and O–H groups in total. The second-order valence-corrected chi connectivity index (χ2v) is 9.30. The monoisotopic (exact) mass is 436 g/mol. The number of nitrogens with one attached hydrogen (secondary N) is 2. The van der Waals surface area contributed by atoms with Gasteiger partial charge in [0.1, 0.15) is 10.6 Å². The first-order valence-corrected chi connectivity index (χ1v) is 11.5. The summed E-state index contributed by atoms with van der Waals surface area (Å²) in [5.74, 6) is 0.132. The van der Waals surface area contributed by atoms with Crippen LogP contribution in [0.25, 0.3) is 0 Å². The van der Waals surface area contributed by atoms with Gasteiger partial charge in [0.2, 0.25) is 0 Å². The summed E-state index contributed by atoms with van der Waals surface area (Å²) in [5.41, 5.74) is 4.28. The summed E-state index contributed by atoms with van der Waals surface area (Å²) in [4.78, 5) is 12.6. The molecule has 0 radical (unpaired) electrons. The molecule has 1 aliphatic rings. The molecule has 3 aromatic carbocycles. The van der Waals surface area contributed by atoms with E-state index in [1.807, 2.05) is 31.2 Å². The van der Waals surface area contributed by atoms with Crippen LogP contribution in [0.3, 0.4) is 0 Å². The summed E-state index contributed by atoms with van der Waals surface area (Å²) >= 11 is 0. The molecular formula is C24H24N2O4S. The highest BCUT2D eigenvalue weighted by Crippen LogP contribution is 2.34. The van der Waals surface area contributed by atoms with Gasteiger partial charge in [-0.05, 0) is 54.8 Å². The first-order chi connectivity index (χ1) is 14.9. The Bertz CT molecular complexity index is 1220. The van der Waals surface area contributed by atoms with E-state index in [2.05, 4.69) is 22.2 Å². The van der Waals surface area contributed by atoms with E-state index in [1.54, 1.807) is 18.2 Å². The minimum atomic E-state index is -3.94. The molecule has 6 nitrogen and oxygen atoms in total. The van der Waals surface area contributed by atoms with Gasteiger partial charge in [0.05, 0.1) is 7.11 Å². The van der Waals surface area contributed by atoms with Gasteiger partial charge < -0.3 is 10.1 Å². The molecule has 0 heterocycles. The number of aryl methyl sites for hydroxylation is 1. The summed E-state index contributed by atoms with van der Waals surface area (Å²) in [6.45, 7) is 2.43. The van der Waals surface area contributed by atoms with Crippen molar-refractivity contribution in [2.24, 2.45) is 0 Å². The summed E-state index contributed by atoms with van der Waals surface area (Å²) in [7, 11) is -2.55. The molecule has 4 rings (SSSR count). The van der Waals surface area contributed by atoms with Gasteiger partial charge in [-0.15, -0.1) is 0 Å². The van der Waals surface area contributed by atoms with E-state index >= 15 is 0 Å². The number of methoxy groups -OCH3 is 1. The fourth-order valence-electron chi connectivity index (χ4n) is 3.72. The van der Waals surface area contributed by atoms with Crippen LogP contribution in [0, 0.1) is 6.92 Å². The number of carbonyl (C=O) groups is 1. The van der Waals surface area contributed by atoms with Crippen LogP contribution in [0.5, 0.6) is 5.75 Å². The van der Waals surface area contributed by atoms with Gasteiger partial charge in [-0.1, -0.05) is 42.0 Å². The Hall–Kier alpha value is -3.32. The number of hydrogen-bond acceptors (Lipinski definition) is 4. The van der Waals surface area contributed by atoms with Crippen LogP contribution in [0.1, 0.15) is 33.0 Å². The van der Waals surface area contributed by atoms with Crippen LogP contribution in [0.15, 0.2) is 71.6 Å². The molecule has 0 aromatic heterocycles. The third-order valence-corrected chi connectivity index (χ3v) is 6.89. The molecule has 0 saturated carbocycles. The molecule has 0 aliphatic heterocycles. The number of ether oxygens (including phenoxy) is 1. The molecule has 1 amide bonds. The molecule has 1 unspecified atom stereocenters. The van der Waals surface area contributed by atoms with Gasteiger partial charge in [0, 0.05) is 23.7 Å². The predicted molar refractivity (Wildman–Crippen MR) is 120 cm³/mol. The topological polar surface area (TPSA) is 84.5 Å². The molecule has 31 heavy (non-hydrogen) atoms. The average molecular weight is 437 g/mol. The molecule has 0 saturated heterocycles. The van der Waals surface area contributed by atoms with E-state index in [1.165, 1.54) is 30.4 Å². The SMILES string of the molecule is COc1ccc(C(=O)NCC2Cc3ccccc32)cc1S(=O)(=O)Nc1ccc(C)cc1. The molecule has 0 fully saturated rings. The maximum Gasteiger partial charge on any atom is 0.265 e. The van der Waals surface area contributed by atoms with Gasteiger partial charge in [-0.2, -0.15) is 0 Å². The second kappa shape index (κ2) is 8.43. The Morgan fingerprint density at radius 2 is 1.81 bits per heavy atom. The van der Waals surface area contributed by atoms with E-state index in [0.29, 0.717) is 12.2 Å². The third-order valence-electron chi connectivity index (χ3n) is 5.49. The fourth-order valence-corrected chi connectivity index (χ4v) is 4.98. The predicted octanol–water partition coefficient (Wildman–Crippen LogP) is 3.87. The van der Waals surface area contributed by atoms with Gasteiger partial charge >= 0.3 is 0 Å². The Morgan fingerprint density at radius 1 is 1.06 bits per heavy atom. The Balaban J connectivity index is 1.51. The lowest BCUT2D eigenvalue weighted by molar-refractivity contribution is 0.0950. The second-order valence-electron chi connectivity index (χ2n) is 7.65. The fraction of sp³-hybridized carbons (Fsp3) is 0.208. The number of carbonyl (C=O) groups excluding carboxylic acids is 1. The zero-order valence-corrected chi connectivity index (χ0v) is 18.2. The number of sulfonamides is 1. The maximum absolute atomic E-state index is 13.0. The third kappa shape index (κ3) is 4.41. The highest BCUT2D eigenvalue weighted by Gasteiger charge is 2.26. The zero-order valence-electron chi connectivity index (χ0n) is 17.4. The molecule has 1 aliphatic carbocycles. The van der Waals surface area contributed by atoms with Crippen LogP contribution in [-0.2, 0) is 16.4 Å². The van der Waals surface area contributed by atoms with Crippen molar-refractivity contribution in [2.75, 3.05) is 18.4 Å². The summed E-state index contributed by atoms with van der Waals surface area (Å²) in [6.07, 6.45) is 0.930. The van der Waals surface area contributed by atoms with E-state index in [4.69, 9.17) is 4.74 Å². The molecule has 0 spiro atoms. The van der Waals surface area contributed by atoms with Crippen LogP contribution < -0.4 is 14.8 Å². The maximum atomic E-state index is 13.0. The Morgan fingerprint density at radius 3 is 2.52 bits per heavy atom. The Labute approximate surface area is 182 Å². The number of fused-ring (bicyclic) bond motifs is 1. The lowest BCUT2D eigenvalue weighted by atomic mass is 9.77. The van der Waals surface area contributed by atoms with Crippen molar-refractivity contribution >= 4 is 21.6 Å². The van der Waals surface area contributed by atoms with Crippen molar-refractivity contribution in [1.29, 1.82) is 0 Å². The zero-order chi connectivity index (χ0) is 22.0. The van der Waals surface area contributed by atoms with Crippen molar-refractivity contribution in [3.05, 3.63) is 89.0 Å². The van der Waals surface area contributed by atoms with Crippen LogP contribution >= 0.6 is 0 Å². The molecule has 1 atom stereocenters. The average Bonchev–Trinajstić information content (AvgIpc) is 2.75. The quantitative estimate of drug-likeness (QED) is 0.589. The highest BCUT2D eigenvalue weighted by atomic mass is 32.2. The Kier molecular flexibility index (Phi) is 5.69. The number of rotatable bonds is 7. The summed E-state index contributed by atoms with van der Waals surface area (Å²) < 4.78 is 33.7. The van der Waals surface area contributed by atoms with Crippen molar-refractivity contribution in [3.63, 3.8) is 0 Å².